The van der Waals surface area contributed by atoms with Crippen LogP contribution in [0.15, 0.2) is 42.0 Å². The molecule has 1 fully saturated rings. The number of hydrogen-bond donors (Lipinski definition) is 1. The van der Waals surface area contributed by atoms with Crippen molar-refractivity contribution in [3.05, 3.63) is 64.4 Å². The van der Waals surface area contributed by atoms with Gasteiger partial charge in [0.05, 0.1) is 5.69 Å². The number of aromatic nitrogens is 2. The summed E-state index contributed by atoms with van der Waals surface area (Å²) in [6.07, 6.45) is 5.47. The summed E-state index contributed by atoms with van der Waals surface area (Å²) in [7, 11) is 0. The number of carbonyl (C=O) groups excluding carboxylic acids is 3. The van der Waals surface area contributed by atoms with Crippen molar-refractivity contribution < 1.29 is 14.4 Å². The molecule has 1 aromatic carbocycles. The second-order valence-corrected chi connectivity index (χ2v) is 9.86. The number of benzene rings is 1. The maximum atomic E-state index is 12.9. The Morgan fingerprint density at radius 3 is 2.85 bits per heavy atom. The Balaban J connectivity index is 1.14. The Morgan fingerprint density at radius 1 is 1.12 bits per heavy atom. The van der Waals surface area contributed by atoms with Crippen LogP contribution in [0.1, 0.15) is 46.4 Å². The highest BCUT2D eigenvalue weighted by molar-refractivity contribution is 7.16. The van der Waals surface area contributed by atoms with Crippen molar-refractivity contribution in [1.29, 1.82) is 0 Å². The minimum absolute atomic E-state index is 0.133. The molecule has 3 aliphatic rings. The van der Waals surface area contributed by atoms with Crippen LogP contribution in [0.2, 0.25) is 0 Å². The Morgan fingerprint density at radius 2 is 2.03 bits per heavy atom. The summed E-state index contributed by atoms with van der Waals surface area (Å²) in [5, 5.41) is 5.53. The fourth-order valence-electron chi connectivity index (χ4n) is 5.10. The number of thiophene rings is 1. The number of nitrogens with zero attached hydrogens (tertiary/aromatic N) is 4. The van der Waals surface area contributed by atoms with Gasteiger partial charge in [0.25, 0.3) is 5.91 Å². The van der Waals surface area contributed by atoms with E-state index in [1.54, 1.807) is 22.6 Å². The predicted octanol–water partition coefficient (Wildman–Crippen LogP) is 2.74. The van der Waals surface area contributed by atoms with E-state index in [2.05, 4.69) is 43.8 Å². The Kier molecular flexibility index (Phi) is 5.23. The highest BCUT2D eigenvalue weighted by Crippen LogP contribution is 2.31. The van der Waals surface area contributed by atoms with Crippen LogP contribution >= 0.6 is 11.3 Å². The van der Waals surface area contributed by atoms with Crippen LogP contribution in [0.5, 0.6) is 0 Å². The van der Waals surface area contributed by atoms with Gasteiger partial charge in [0.1, 0.15) is 17.2 Å². The van der Waals surface area contributed by atoms with Gasteiger partial charge >= 0.3 is 0 Å². The van der Waals surface area contributed by atoms with Gasteiger partial charge in [0.2, 0.25) is 11.8 Å². The molecular weight excluding hydrogens is 450 g/mol. The van der Waals surface area contributed by atoms with Crippen molar-refractivity contribution >= 4 is 44.8 Å². The minimum atomic E-state index is -0.580. The van der Waals surface area contributed by atoms with Crippen molar-refractivity contribution in [3.63, 3.8) is 0 Å². The molecule has 172 valence electrons. The lowest BCUT2D eigenvalue weighted by atomic mass is 10.0. The molecule has 0 spiro atoms. The molecule has 8 nitrogen and oxygen atoms in total. The first-order chi connectivity index (χ1) is 16.6. The number of nitrogens with one attached hydrogen (secondary N) is 1. The highest BCUT2D eigenvalue weighted by atomic mass is 32.1. The van der Waals surface area contributed by atoms with Gasteiger partial charge < -0.3 is 4.90 Å². The minimum Gasteiger partial charge on any atom is -0.322 e. The van der Waals surface area contributed by atoms with Crippen molar-refractivity contribution in [3.8, 4) is 0 Å². The molecular formula is C25H23N5O3S. The maximum Gasteiger partial charge on any atom is 0.255 e. The molecule has 0 aliphatic carbocycles. The van der Waals surface area contributed by atoms with Gasteiger partial charge in [-0.15, -0.1) is 11.3 Å². The zero-order chi connectivity index (χ0) is 23.2. The SMILES string of the molecule is O=C1CCC(N2Cc3cc(CN4CC=C(c5ncnc6sccc56)CC4)ccc3C2=O)C(=O)N1. The first-order valence-electron chi connectivity index (χ1n) is 11.4. The number of hydrogen-bond acceptors (Lipinski definition) is 7. The summed E-state index contributed by atoms with van der Waals surface area (Å²) in [6, 6.07) is 7.47. The summed E-state index contributed by atoms with van der Waals surface area (Å²) in [5.41, 5.74) is 5.05. The Labute approximate surface area is 200 Å². The van der Waals surface area contributed by atoms with Crippen LogP contribution < -0.4 is 5.32 Å². The van der Waals surface area contributed by atoms with E-state index in [4.69, 9.17) is 0 Å². The van der Waals surface area contributed by atoms with Gasteiger partial charge in [-0.25, -0.2) is 9.97 Å². The van der Waals surface area contributed by atoms with Gasteiger partial charge in [-0.1, -0.05) is 18.2 Å². The van der Waals surface area contributed by atoms with Gasteiger partial charge in [-0.05, 0) is 47.1 Å². The first kappa shape index (κ1) is 21.1. The third-order valence-electron chi connectivity index (χ3n) is 6.85. The molecule has 34 heavy (non-hydrogen) atoms. The number of fused-ring (bicyclic) bond motifs is 2. The molecule has 9 heteroatoms. The Bertz CT molecular complexity index is 1360. The van der Waals surface area contributed by atoms with Gasteiger partial charge in [-0.2, -0.15) is 0 Å². The second kappa shape index (κ2) is 8.41. The largest absolute Gasteiger partial charge is 0.322 e. The number of carbonyl (C=O) groups is 3. The van der Waals surface area contributed by atoms with E-state index in [0.29, 0.717) is 18.5 Å². The third-order valence-corrected chi connectivity index (χ3v) is 7.67. The number of rotatable bonds is 4. The van der Waals surface area contributed by atoms with E-state index in [1.807, 2.05) is 12.1 Å². The van der Waals surface area contributed by atoms with Crippen LogP contribution in [0.25, 0.3) is 15.8 Å². The smallest absolute Gasteiger partial charge is 0.255 e. The Hall–Kier alpha value is -3.43. The standard InChI is InChI=1S/C25H23N5O3S/c31-21-4-3-20(23(32)28-21)30-13-17-11-15(1-2-18(17)25(30)33)12-29-8-5-16(6-9-29)22-19-7-10-34-24(19)27-14-26-22/h1-2,5,7,10-11,14,20H,3-4,6,8-9,12-13H2,(H,28,31,32). The molecule has 3 aliphatic heterocycles. The fourth-order valence-corrected chi connectivity index (χ4v) is 5.83. The monoisotopic (exact) mass is 473 g/mol. The van der Waals surface area contributed by atoms with Crippen molar-refractivity contribution in [2.24, 2.45) is 0 Å². The second-order valence-electron chi connectivity index (χ2n) is 8.97. The lowest BCUT2D eigenvalue weighted by Gasteiger charge is -2.29. The van der Waals surface area contributed by atoms with E-state index < -0.39 is 6.04 Å². The molecule has 1 saturated heterocycles. The molecule has 0 saturated carbocycles. The predicted molar refractivity (Wildman–Crippen MR) is 128 cm³/mol. The molecule has 2 aromatic heterocycles. The molecule has 3 aromatic rings. The number of amides is 3. The average Bonchev–Trinajstić information content (AvgIpc) is 3.44. The van der Waals surface area contributed by atoms with E-state index in [-0.39, 0.29) is 24.1 Å². The third kappa shape index (κ3) is 3.70. The van der Waals surface area contributed by atoms with Crippen LogP contribution in [-0.4, -0.2) is 56.6 Å². The van der Waals surface area contributed by atoms with E-state index in [9.17, 15) is 14.4 Å². The van der Waals surface area contributed by atoms with E-state index in [0.717, 1.165) is 53.1 Å². The first-order valence-corrected chi connectivity index (χ1v) is 12.3. The van der Waals surface area contributed by atoms with Gasteiger partial charge in [0, 0.05) is 43.5 Å². The van der Waals surface area contributed by atoms with E-state index in [1.165, 1.54) is 5.57 Å². The zero-order valence-corrected chi connectivity index (χ0v) is 19.3. The van der Waals surface area contributed by atoms with Crippen molar-refractivity contribution in [2.75, 3.05) is 13.1 Å². The normalized spacial score (nSPS) is 21.1. The topological polar surface area (TPSA) is 95.5 Å². The fraction of sp³-hybridized carbons (Fsp3) is 0.320. The van der Waals surface area contributed by atoms with Crippen molar-refractivity contribution in [2.45, 2.75) is 38.4 Å². The number of piperidine rings is 1. The van der Waals surface area contributed by atoms with Gasteiger partial charge in [-0.3, -0.25) is 24.6 Å². The average molecular weight is 474 g/mol. The van der Waals surface area contributed by atoms with Crippen molar-refractivity contribution in [1.82, 2.24) is 25.1 Å². The highest BCUT2D eigenvalue weighted by Gasteiger charge is 2.39. The summed E-state index contributed by atoms with van der Waals surface area (Å²) in [4.78, 5) is 50.5. The van der Waals surface area contributed by atoms with Crippen LogP contribution in [0.4, 0.5) is 0 Å². The molecule has 0 bridgehead atoms. The zero-order valence-electron chi connectivity index (χ0n) is 18.5. The summed E-state index contributed by atoms with van der Waals surface area (Å²) >= 11 is 1.63. The van der Waals surface area contributed by atoms with Crippen LogP contribution in [0, 0.1) is 0 Å². The number of imide groups is 1. The molecule has 5 heterocycles. The molecule has 3 amide bonds. The molecule has 1 atom stereocenters. The summed E-state index contributed by atoms with van der Waals surface area (Å²) in [6.45, 7) is 2.97. The lowest BCUT2D eigenvalue weighted by Crippen LogP contribution is -2.52. The molecule has 1 unspecified atom stereocenters. The lowest BCUT2D eigenvalue weighted by molar-refractivity contribution is -0.136. The van der Waals surface area contributed by atoms with E-state index >= 15 is 0 Å². The van der Waals surface area contributed by atoms with Crippen LogP contribution in [0.3, 0.4) is 0 Å². The summed E-state index contributed by atoms with van der Waals surface area (Å²) < 4.78 is 0. The maximum absolute atomic E-state index is 12.9. The molecule has 6 rings (SSSR count). The van der Waals surface area contributed by atoms with Crippen LogP contribution in [-0.2, 0) is 22.7 Å². The van der Waals surface area contributed by atoms with Gasteiger partial charge in [0.15, 0.2) is 0 Å². The molecule has 0 radical (unpaired) electrons. The molecule has 1 N–H and O–H groups in total. The quantitative estimate of drug-likeness (QED) is 0.586. The summed E-state index contributed by atoms with van der Waals surface area (Å²) in [5.74, 6) is -0.783.